The molecule has 0 saturated heterocycles. The minimum absolute atomic E-state index is 0.0939. The Morgan fingerprint density at radius 2 is 1.83 bits per heavy atom. The van der Waals surface area contributed by atoms with Crippen molar-refractivity contribution < 1.29 is 19.8 Å². The molecule has 0 aliphatic carbocycles. The van der Waals surface area contributed by atoms with E-state index in [1.165, 1.54) is 0 Å². The van der Waals surface area contributed by atoms with Crippen LogP contribution in [0.3, 0.4) is 0 Å². The van der Waals surface area contributed by atoms with Crippen LogP contribution in [-0.4, -0.2) is 31.7 Å². The minimum atomic E-state index is -1.20. The average molecular weight is 246 g/mol. The van der Waals surface area contributed by atoms with Crippen molar-refractivity contribution in [3.05, 3.63) is 53.6 Å². The molecular weight excluding hydrogens is 236 g/mol. The molecule has 0 spiro atoms. The van der Waals surface area contributed by atoms with Gasteiger partial charge < -0.3 is 14.8 Å². The summed E-state index contributed by atoms with van der Waals surface area (Å²) in [7, 11) is 0. The van der Waals surface area contributed by atoms with Gasteiger partial charge in [-0.25, -0.2) is 9.59 Å². The van der Waals surface area contributed by atoms with Crippen LogP contribution < -0.4 is 0 Å². The predicted octanol–water partition coefficient (Wildman–Crippen LogP) is 1.33. The molecule has 2 aromatic heterocycles. The summed E-state index contributed by atoms with van der Waals surface area (Å²) in [6, 6.07) is 4.74. The van der Waals surface area contributed by atoms with Crippen LogP contribution in [0.2, 0.25) is 0 Å². The van der Waals surface area contributed by atoms with Crippen molar-refractivity contribution in [1.29, 1.82) is 0 Å². The molecule has 2 aromatic rings. The van der Waals surface area contributed by atoms with Gasteiger partial charge in [0.05, 0.1) is 23.4 Å². The molecule has 0 atom stereocenters. The Morgan fingerprint density at radius 1 is 1.17 bits per heavy atom. The predicted molar refractivity (Wildman–Crippen MR) is 61.7 cm³/mol. The highest BCUT2D eigenvalue weighted by Crippen LogP contribution is 2.11. The number of hydrogen-bond acceptors (Lipinski definition) is 3. The van der Waals surface area contributed by atoms with Crippen molar-refractivity contribution in [2.45, 2.75) is 6.54 Å². The van der Waals surface area contributed by atoms with E-state index >= 15 is 0 Å². The van der Waals surface area contributed by atoms with Gasteiger partial charge in [-0.2, -0.15) is 0 Å². The third-order valence-corrected chi connectivity index (χ3v) is 2.45. The Labute approximate surface area is 102 Å². The first kappa shape index (κ1) is 11.8. The lowest BCUT2D eigenvalue weighted by molar-refractivity contribution is 0.0695. The first-order valence-corrected chi connectivity index (χ1v) is 5.14. The molecule has 6 heteroatoms. The summed E-state index contributed by atoms with van der Waals surface area (Å²) in [6.45, 7) is 0.286. The number of rotatable bonds is 4. The van der Waals surface area contributed by atoms with Crippen molar-refractivity contribution in [3.8, 4) is 0 Å². The highest BCUT2D eigenvalue weighted by atomic mass is 16.4. The summed E-state index contributed by atoms with van der Waals surface area (Å²) < 4.78 is 1.76. The van der Waals surface area contributed by atoms with Crippen molar-refractivity contribution >= 4 is 11.9 Å². The van der Waals surface area contributed by atoms with Gasteiger partial charge in [-0.3, -0.25) is 4.98 Å². The lowest BCUT2D eigenvalue weighted by Crippen LogP contribution is -2.11. The number of carbonyl (C=O) groups is 2. The summed E-state index contributed by atoms with van der Waals surface area (Å²) >= 11 is 0. The first-order valence-electron chi connectivity index (χ1n) is 5.14. The van der Waals surface area contributed by atoms with Gasteiger partial charge in [0.2, 0.25) is 0 Å². The third kappa shape index (κ3) is 2.37. The number of carboxylic acids is 2. The zero-order chi connectivity index (χ0) is 13.1. The molecule has 0 aliphatic rings. The fourth-order valence-corrected chi connectivity index (χ4v) is 1.57. The summed E-state index contributed by atoms with van der Waals surface area (Å²) in [5, 5.41) is 17.9. The molecule has 0 saturated carbocycles. The number of carboxylic acid groups (broad SMARTS) is 2. The molecule has 0 aromatic carbocycles. The Bertz CT molecular complexity index is 590. The largest absolute Gasteiger partial charge is 0.478 e. The van der Waals surface area contributed by atoms with Crippen LogP contribution in [-0.2, 0) is 6.54 Å². The van der Waals surface area contributed by atoms with Crippen LogP contribution in [0.25, 0.3) is 0 Å². The van der Waals surface area contributed by atoms with Gasteiger partial charge in [0.25, 0.3) is 0 Å². The highest BCUT2D eigenvalue weighted by molar-refractivity contribution is 5.94. The maximum Gasteiger partial charge on any atom is 0.337 e. The van der Waals surface area contributed by atoms with Crippen LogP contribution in [0, 0.1) is 0 Å². The molecule has 2 N–H and O–H groups in total. The van der Waals surface area contributed by atoms with Crippen molar-refractivity contribution in [1.82, 2.24) is 9.55 Å². The van der Waals surface area contributed by atoms with Crippen LogP contribution in [0.5, 0.6) is 0 Å². The molecule has 0 amide bonds. The number of nitrogens with zero attached hydrogens (tertiary/aromatic N) is 2. The van der Waals surface area contributed by atoms with Crippen molar-refractivity contribution in [3.63, 3.8) is 0 Å². The molecule has 0 fully saturated rings. The Hall–Kier alpha value is -2.63. The van der Waals surface area contributed by atoms with E-state index in [1.807, 2.05) is 12.1 Å². The fraction of sp³-hybridized carbons (Fsp3) is 0.0833. The normalized spacial score (nSPS) is 10.2. The van der Waals surface area contributed by atoms with Crippen LogP contribution >= 0.6 is 0 Å². The quantitative estimate of drug-likeness (QED) is 0.848. The fourth-order valence-electron chi connectivity index (χ4n) is 1.57. The summed E-state index contributed by atoms with van der Waals surface area (Å²) in [6.07, 6.45) is 4.71. The smallest absolute Gasteiger partial charge is 0.337 e. The topological polar surface area (TPSA) is 92.4 Å². The van der Waals surface area contributed by atoms with E-state index in [0.29, 0.717) is 5.69 Å². The van der Waals surface area contributed by atoms with Gasteiger partial charge in [0.15, 0.2) is 0 Å². The van der Waals surface area contributed by atoms with Gasteiger partial charge in [0.1, 0.15) is 0 Å². The van der Waals surface area contributed by atoms with Gasteiger partial charge in [-0.05, 0) is 18.2 Å². The molecular formula is C12H10N2O4. The lowest BCUT2D eigenvalue weighted by Gasteiger charge is -2.07. The van der Waals surface area contributed by atoms with E-state index in [-0.39, 0.29) is 17.7 Å². The maximum atomic E-state index is 11.1. The number of pyridine rings is 1. The number of aromatic nitrogens is 2. The molecule has 0 unspecified atom stereocenters. The zero-order valence-electron chi connectivity index (χ0n) is 9.28. The molecule has 92 valence electrons. The second-order valence-corrected chi connectivity index (χ2v) is 3.68. The Kier molecular flexibility index (Phi) is 3.09. The number of hydrogen-bond donors (Lipinski definition) is 2. The van der Waals surface area contributed by atoms with Gasteiger partial charge >= 0.3 is 11.9 Å². The standard InChI is InChI=1S/C12H10N2O4/c15-11(16)8-5-9(12(17)18)10(13-6-8)7-14-3-1-2-4-14/h1-6H,7H2,(H,15,16)(H,17,18). The molecule has 0 aliphatic heterocycles. The van der Waals surface area contributed by atoms with E-state index in [4.69, 9.17) is 10.2 Å². The summed E-state index contributed by atoms with van der Waals surface area (Å²) in [5.41, 5.74) is 0.0935. The van der Waals surface area contributed by atoms with Crippen LogP contribution in [0.15, 0.2) is 36.8 Å². The molecule has 2 rings (SSSR count). The van der Waals surface area contributed by atoms with Crippen molar-refractivity contribution in [2.24, 2.45) is 0 Å². The molecule has 18 heavy (non-hydrogen) atoms. The Morgan fingerprint density at radius 3 is 2.39 bits per heavy atom. The van der Waals surface area contributed by atoms with E-state index in [1.54, 1.807) is 17.0 Å². The van der Waals surface area contributed by atoms with E-state index < -0.39 is 11.9 Å². The average Bonchev–Trinajstić information content (AvgIpc) is 2.81. The van der Waals surface area contributed by atoms with Crippen LogP contribution in [0.4, 0.5) is 0 Å². The Balaban J connectivity index is 2.40. The summed E-state index contributed by atoms with van der Waals surface area (Å²) in [4.78, 5) is 25.8. The highest BCUT2D eigenvalue weighted by Gasteiger charge is 2.15. The second kappa shape index (κ2) is 4.70. The zero-order valence-corrected chi connectivity index (χ0v) is 9.28. The van der Waals surface area contributed by atoms with Gasteiger partial charge in [-0.15, -0.1) is 0 Å². The molecule has 2 heterocycles. The SMILES string of the molecule is O=C(O)c1cnc(Cn2cccc2)c(C(=O)O)c1. The number of aromatic carboxylic acids is 2. The summed E-state index contributed by atoms with van der Waals surface area (Å²) in [5.74, 6) is -2.38. The third-order valence-electron chi connectivity index (χ3n) is 2.45. The second-order valence-electron chi connectivity index (χ2n) is 3.68. The molecule has 0 radical (unpaired) electrons. The molecule has 6 nitrogen and oxygen atoms in total. The lowest BCUT2D eigenvalue weighted by atomic mass is 10.1. The maximum absolute atomic E-state index is 11.1. The minimum Gasteiger partial charge on any atom is -0.478 e. The van der Waals surface area contributed by atoms with Crippen LogP contribution in [0.1, 0.15) is 26.4 Å². The van der Waals surface area contributed by atoms with Gasteiger partial charge in [-0.1, -0.05) is 0 Å². The van der Waals surface area contributed by atoms with Gasteiger partial charge in [0, 0.05) is 18.6 Å². The van der Waals surface area contributed by atoms with E-state index in [9.17, 15) is 9.59 Å². The molecule has 0 bridgehead atoms. The van der Waals surface area contributed by atoms with E-state index in [0.717, 1.165) is 12.3 Å². The van der Waals surface area contributed by atoms with E-state index in [2.05, 4.69) is 4.98 Å². The van der Waals surface area contributed by atoms with Crippen molar-refractivity contribution in [2.75, 3.05) is 0 Å². The first-order chi connectivity index (χ1) is 8.58. The monoisotopic (exact) mass is 246 g/mol.